The van der Waals surface area contributed by atoms with Crippen molar-refractivity contribution in [3.8, 4) is 34.1 Å². The second-order valence-corrected chi connectivity index (χ2v) is 19.6. The Morgan fingerprint density at radius 2 is 0.657 bits per heavy atom. The molecule has 0 radical (unpaired) electrons. The number of esters is 1. The van der Waals surface area contributed by atoms with Gasteiger partial charge in [0.25, 0.3) is 0 Å². The van der Waals surface area contributed by atoms with E-state index in [9.17, 15) is 4.79 Å². The van der Waals surface area contributed by atoms with Crippen molar-refractivity contribution in [3.63, 3.8) is 0 Å². The fourth-order valence-corrected chi connectivity index (χ4v) is 8.98. The second kappa shape index (κ2) is 40.2. The van der Waals surface area contributed by atoms with Crippen molar-refractivity contribution >= 4 is 11.7 Å². The number of nitrogens with two attached hydrogens (primary N) is 1. The highest BCUT2D eigenvalue weighted by Crippen LogP contribution is 2.40. The molecule has 0 aliphatic heterocycles. The molecule has 0 amide bonds. The number of rotatable bonds is 45. The average Bonchev–Trinajstić information content (AvgIpc) is 3.34. The first-order valence-corrected chi connectivity index (χ1v) is 28.3. The molecule has 6 nitrogen and oxygen atoms in total. The van der Waals surface area contributed by atoms with Crippen LogP contribution < -0.4 is 24.7 Å². The number of nitrogen functional groups attached to an aromatic ring is 1. The van der Waals surface area contributed by atoms with Crippen LogP contribution in [0.5, 0.6) is 23.0 Å². The Morgan fingerprint density at radius 3 is 0.985 bits per heavy atom. The zero-order valence-electron chi connectivity index (χ0n) is 43.5. The number of ether oxygens (including phenoxy) is 4. The molecule has 378 valence electrons. The van der Waals surface area contributed by atoms with E-state index in [1.807, 2.05) is 48.5 Å². The molecule has 0 aromatic heterocycles. The zero-order chi connectivity index (χ0) is 47.7. The Morgan fingerprint density at radius 1 is 0.373 bits per heavy atom. The Kier molecular flexibility index (Phi) is 34.6. The molecular weight excluding hydrogens is 827 g/mol. The third kappa shape index (κ3) is 28.4. The van der Waals surface area contributed by atoms with Crippen molar-refractivity contribution in [1.29, 1.82) is 0 Å². The lowest BCUT2D eigenvalue weighted by Gasteiger charge is -2.19. The predicted octanol–water partition coefficient (Wildman–Crippen LogP) is 19.4. The highest BCUT2D eigenvalue weighted by molar-refractivity contribution is 5.92. The summed E-state index contributed by atoms with van der Waals surface area (Å²) in [6, 6.07) is 19.0. The van der Waals surface area contributed by atoms with E-state index in [0.717, 1.165) is 55.3 Å². The standard InChI is InChI=1S/C61H99NO5/c1-4-7-10-13-16-19-22-25-28-31-34-37-48-64-58-51-55(61(63)67-57-46-42-54(43-47-57)53-40-44-56(62)45-41-53)52-59(65-49-38-35-32-29-26-23-20-17-14-11-8-5-2)60(58)66-50-39-36-33-30-27-24-21-18-15-12-9-6-3/h40-47,51-52H,4-39,48-50,62H2,1-3H3. The van der Waals surface area contributed by atoms with Crippen LogP contribution in [-0.4, -0.2) is 25.8 Å². The number of anilines is 1. The first-order chi connectivity index (χ1) is 33.0. The van der Waals surface area contributed by atoms with Gasteiger partial charge in [-0.25, -0.2) is 4.79 Å². The van der Waals surface area contributed by atoms with Gasteiger partial charge in [0.2, 0.25) is 5.75 Å². The summed E-state index contributed by atoms with van der Waals surface area (Å²) in [5.41, 5.74) is 9.11. The van der Waals surface area contributed by atoms with Crippen LogP contribution in [0.2, 0.25) is 0 Å². The van der Waals surface area contributed by atoms with Crippen molar-refractivity contribution in [2.24, 2.45) is 0 Å². The summed E-state index contributed by atoms with van der Waals surface area (Å²) in [5.74, 6) is 1.79. The summed E-state index contributed by atoms with van der Waals surface area (Å²) < 4.78 is 25.7. The topological polar surface area (TPSA) is 80.0 Å². The molecule has 0 atom stereocenters. The van der Waals surface area contributed by atoms with E-state index in [-0.39, 0.29) is 0 Å². The van der Waals surface area contributed by atoms with Gasteiger partial charge in [0.15, 0.2) is 11.5 Å². The molecule has 0 aliphatic rings. The summed E-state index contributed by atoms with van der Waals surface area (Å²) >= 11 is 0. The molecule has 6 heteroatoms. The predicted molar refractivity (Wildman–Crippen MR) is 287 cm³/mol. The molecule has 0 spiro atoms. The Labute approximate surface area is 411 Å². The summed E-state index contributed by atoms with van der Waals surface area (Å²) in [6.45, 7) is 8.57. The maximum Gasteiger partial charge on any atom is 0.343 e. The smallest absolute Gasteiger partial charge is 0.343 e. The molecule has 0 bridgehead atoms. The van der Waals surface area contributed by atoms with Gasteiger partial charge in [-0.05, 0) is 66.8 Å². The zero-order valence-corrected chi connectivity index (χ0v) is 43.5. The fraction of sp³-hybridized carbons (Fsp3) is 0.689. The summed E-state index contributed by atoms with van der Waals surface area (Å²) in [5, 5.41) is 0. The second-order valence-electron chi connectivity index (χ2n) is 19.6. The lowest BCUT2D eigenvalue weighted by molar-refractivity contribution is 0.0733. The van der Waals surface area contributed by atoms with Gasteiger partial charge in [0.1, 0.15) is 5.75 Å². The normalized spacial score (nSPS) is 11.3. The van der Waals surface area contributed by atoms with Crippen molar-refractivity contribution in [2.45, 2.75) is 252 Å². The van der Waals surface area contributed by atoms with E-state index < -0.39 is 5.97 Å². The van der Waals surface area contributed by atoms with E-state index in [4.69, 9.17) is 24.7 Å². The van der Waals surface area contributed by atoms with Gasteiger partial charge in [-0.1, -0.05) is 257 Å². The van der Waals surface area contributed by atoms with Crippen molar-refractivity contribution < 1.29 is 23.7 Å². The van der Waals surface area contributed by atoms with Crippen molar-refractivity contribution in [3.05, 3.63) is 66.2 Å². The van der Waals surface area contributed by atoms with Crippen molar-refractivity contribution in [1.82, 2.24) is 0 Å². The number of unbranched alkanes of at least 4 members (excludes halogenated alkanes) is 33. The van der Waals surface area contributed by atoms with Crippen LogP contribution in [0.15, 0.2) is 60.7 Å². The van der Waals surface area contributed by atoms with Gasteiger partial charge >= 0.3 is 5.97 Å². The minimum absolute atomic E-state index is 0.398. The Hall–Kier alpha value is -3.67. The Bertz CT molecular complexity index is 1550. The largest absolute Gasteiger partial charge is 0.490 e. The molecule has 2 N–H and O–H groups in total. The fourth-order valence-electron chi connectivity index (χ4n) is 8.98. The molecule has 3 aromatic rings. The third-order valence-electron chi connectivity index (χ3n) is 13.3. The SMILES string of the molecule is CCCCCCCCCCCCCCOc1cc(C(=O)Oc2ccc(-c3ccc(N)cc3)cc2)cc(OCCCCCCCCCCCCCC)c1OCCCCCCCCCCCCCC. The molecule has 67 heavy (non-hydrogen) atoms. The Balaban J connectivity index is 1.63. The number of benzene rings is 3. The molecule has 0 saturated carbocycles. The van der Waals surface area contributed by atoms with Gasteiger partial charge in [-0.15, -0.1) is 0 Å². The highest BCUT2D eigenvalue weighted by Gasteiger charge is 2.21. The monoisotopic (exact) mass is 926 g/mol. The summed E-state index contributed by atoms with van der Waals surface area (Å²) in [6.07, 6.45) is 46.5. The average molecular weight is 926 g/mol. The van der Waals surface area contributed by atoms with Crippen LogP contribution in [0.4, 0.5) is 5.69 Å². The van der Waals surface area contributed by atoms with E-state index in [1.165, 1.54) is 193 Å². The molecule has 3 aromatic carbocycles. The number of hydrogen-bond acceptors (Lipinski definition) is 6. The molecule has 0 saturated heterocycles. The molecule has 0 heterocycles. The van der Waals surface area contributed by atoms with Crippen LogP contribution in [0, 0.1) is 0 Å². The highest BCUT2D eigenvalue weighted by atomic mass is 16.5. The van der Waals surface area contributed by atoms with Crippen LogP contribution in [-0.2, 0) is 0 Å². The van der Waals surface area contributed by atoms with E-state index in [1.54, 1.807) is 12.1 Å². The van der Waals surface area contributed by atoms with E-state index in [2.05, 4.69) is 20.8 Å². The molecule has 3 rings (SSSR count). The van der Waals surface area contributed by atoms with Crippen LogP contribution in [0.1, 0.15) is 262 Å². The summed E-state index contributed by atoms with van der Waals surface area (Å²) in [7, 11) is 0. The maximum absolute atomic E-state index is 13.9. The summed E-state index contributed by atoms with van der Waals surface area (Å²) in [4.78, 5) is 13.9. The van der Waals surface area contributed by atoms with E-state index in [0.29, 0.717) is 48.4 Å². The van der Waals surface area contributed by atoms with Gasteiger partial charge in [0.05, 0.1) is 25.4 Å². The maximum atomic E-state index is 13.9. The lowest BCUT2D eigenvalue weighted by Crippen LogP contribution is -2.12. The van der Waals surface area contributed by atoms with Crippen LogP contribution in [0.25, 0.3) is 11.1 Å². The third-order valence-corrected chi connectivity index (χ3v) is 13.3. The minimum atomic E-state index is -0.446. The molecule has 0 unspecified atom stereocenters. The van der Waals surface area contributed by atoms with Gasteiger partial charge in [-0.2, -0.15) is 0 Å². The molecular formula is C61H99NO5. The first-order valence-electron chi connectivity index (χ1n) is 28.3. The van der Waals surface area contributed by atoms with Crippen molar-refractivity contribution in [2.75, 3.05) is 25.6 Å². The number of hydrogen-bond donors (Lipinski definition) is 1. The minimum Gasteiger partial charge on any atom is -0.490 e. The first kappa shape index (κ1) is 57.6. The van der Waals surface area contributed by atoms with E-state index >= 15 is 0 Å². The van der Waals surface area contributed by atoms with Gasteiger partial charge in [0, 0.05) is 5.69 Å². The van der Waals surface area contributed by atoms with Crippen LogP contribution in [0.3, 0.4) is 0 Å². The lowest BCUT2D eigenvalue weighted by atomic mass is 10.1. The van der Waals surface area contributed by atoms with Gasteiger partial charge in [-0.3, -0.25) is 0 Å². The quantitative estimate of drug-likeness (QED) is 0.0263. The molecule has 0 aliphatic carbocycles. The molecule has 0 fully saturated rings. The van der Waals surface area contributed by atoms with Crippen LogP contribution >= 0.6 is 0 Å². The number of carbonyl (C=O) groups is 1. The van der Waals surface area contributed by atoms with Gasteiger partial charge < -0.3 is 24.7 Å². The number of carbonyl (C=O) groups excluding carboxylic acids is 1.